The maximum absolute atomic E-state index is 11.5. The number of hydrogen-bond donors (Lipinski definition) is 2. The average molecular weight is 232 g/mol. The van der Waals surface area contributed by atoms with Gasteiger partial charge in [0, 0.05) is 13.0 Å². The summed E-state index contributed by atoms with van der Waals surface area (Å²) in [6, 6.07) is 6.99. The third-order valence-electron chi connectivity index (χ3n) is 1.99. The molecule has 0 aromatic heterocycles. The molecule has 0 aliphatic heterocycles. The van der Waals surface area contributed by atoms with Crippen molar-refractivity contribution in [2.75, 3.05) is 18.5 Å². The Kier molecular flexibility index (Phi) is 5.45. The van der Waals surface area contributed by atoms with Crippen LogP contribution in [-0.4, -0.2) is 19.2 Å². The standard InChI is InChI=1S/C13H16N2O2/c1-3-5-10-14-13(16)15-11-8-6-7-9-12(11)17-4-2/h1,6-9H,4-5,10H2,2H3,(H2,14,15,16). The molecule has 0 radical (unpaired) electrons. The summed E-state index contributed by atoms with van der Waals surface area (Å²) in [5.41, 5.74) is 0.646. The van der Waals surface area contributed by atoms with Crippen molar-refractivity contribution in [3.63, 3.8) is 0 Å². The molecule has 0 spiro atoms. The average Bonchev–Trinajstić information content (AvgIpc) is 2.32. The van der Waals surface area contributed by atoms with Crippen LogP contribution >= 0.6 is 0 Å². The highest BCUT2D eigenvalue weighted by atomic mass is 16.5. The first-order valence-corrected chi connectivity index (χ1v) is 5.48. The van der Waals surface area contributed by atoms with Crippen molar-refractivity contribution in [3.05, 3.63) is 24.3 Å². The molecule has 0 aliphatic rings. The molecule has 0 aliphatic carbocycles. The molecular formula is C13H16N2O2. The van der Waals surface area contributed by atoms with Crippen LogP contribution < -0.4 is 15.4 Å². The van der Waals surface area contributed by atoms with Gasteiger partial charge in [0.05, 0.1) is 12.3 Å². The van der Waals surface area contributed by atoms with E-state index in [0.29, 0.717) is 31.0 Å². The van der Waals surface area contributed by atoms with Crippen LogP contribution in [0.5, 0.6) is 5.75 Å². The minimum atomic E-state index is -0.285. The maximum Gasteiger partial charge on any atom is 0.319 e. The number of carbonyl (C=O) groups excluding carboxylic acids is 1. The highest BCUT2D eigenvalue weighted by Gasteiger charge is 2.05. The van der Waals surface area contributed by atoms with Gasteiger partial charge in [0.25, 0.3) is 0 Å². The highest BCUT2D eigenvalue weighted by Crippen LogP contribution is 2.23. The first-order chi connectivity index (χ1) is 8.27. The van der Waals surface area contributed by atoms with Crippen molar-refractivity contribution in [1.29, 1.82) is 0 Å². The zero-order valence-corrected chi connectivity index (χ0v) is 9.82. The van der Waals surface area contributed by atoms with E-state index < -0.39 is 0 Å². The van der Waals surface area contributed by atoms with Crippen molar-refractivity contribution < 1.29 is 9.53 Å². The summed E-state index contributed by atoms with van der Waals surface area (Å²) in [6.07, 6.45) is 5.60. The van der Waals surface area contributed by atoms with E-state index in [-0.39, 0.29) is 6.03 Å². The van der Waals surface area contributed by atoms with E-state index in [2.05, 4.69) is 16.6 Å². The molecule has 90 valence electrons. The third kappa shape index (κ3) is 4.47. The zero-order valence-electron chi connectivity index (χ0n) is 9.82. The lowest BCUT2D eigenvalue weighted by Crippen LogP contribution is -2.29. The minimum absolute atomic E-state index is 0.285. The summed E-state index contributed by atoms with van der Waals surface area (Å²) < 4.78 is 5.39. The van der Waals surface area contributed by atoms with Crippen LogP contribution in [0.1, 0.15) is 13.3 Å². The normalized spacial score (nSPS) is 9.18. The van der Waals surface area contributed by atoms with Gasteiger partial charge >= 0.3 is 6.03 Å². The van der Waals surface area contributed by atoms with Gasteiger partial charge in [0.1, 0.15) is 5.75 Å². The van der Waals surface area contributed by atoms with Crippen LogP contribution in [0.15, 0.2) is 24.3 Å². The van der Waals surface area contributed by atoms with Crippen molar-refractivity contribution in [2.45, 2.75) is 13.3 Å². The second kappa shape index (κ2) is 7.18. The first-order valence-electron chi connectivity index (χ1n) is 5.48. The van der Waals surface area contributed by atoms with E-state index in [9.17, 15) is 4.79 Å². The summed E-state index contributed by atoms with van der Waals surface area (Å²) in [5.74, 6) is 3.11. The number of benzene rings is 1. The molecule has 17 heavy (non-hydrogen) atoms. The topological polar surface area (TPSA) is 50.4 Å². The van der Waals surface area contributed by atoms with Gasteiger partial charge in [-0.05, 0) is 19.1 Å². The molecule has 0 heterocycles. The molecule has 0 saturated heterocycles. The second-order valence-electron chi connectivity index (χ2n) is 3.26. The van der Waals surface area contributed by atoms with E-state index in [4.69, 9.17) is 11.2 Å². The SMILES string of the molecule is C#CCCNC(=O)Nc1ccccc1OCC. The van der Waals surface area contributed by atoms with E-state index in [1.54, 1.807) is 12.1 Å². The van der Waals surface area contributed by atoms with Crippen LogP contribution in [0.25, 0.3) is 0 Å². The summed E-state index contributed by atoms with van der Waals surface area (Å²) in [6.45, 7) is 2.90. The number of amides is 2. The fourth-order valence-corrected chi connectivity index (χ4v) is 1.27. The number of terminal acetylenes is 1. The van der Waals surface area contributed by atoms with E-state index in [1.165, 1.54) is 0 Å². The first kappa shape index (κ1) is 12.9. The number of nitrogens with one attached hydrogen (secondary N) is 2. The number of para-hydroxylation sites is 2. The Hall–Kier alpha value is -2.15. The Balaban J connectivity index is 2.55. The quantitative estimate of drug-likeness (QED) is 0.604. The Labute approximate surface area is 101 Å². The molecule has 1 rings (SSSR count). The lowest BCUT2D eigenvalue weighted by molar-refractivity contribution is 0.252. The van der Waals surface area contributed by atoms with Crippen LogP contribution in [0.2, 0.25) is 0 Å². The fraction of sp³-hybridized carbons (Fsp3) is 0.308. The molecule has 4 nitrogen and oxygen atoms in total. The molecule has 0 bridgehead atoms. The maximum atomic E-state index is 11.5. The molecule has 1 aromatic rings. The van der Waals surface area contributed by atoms with Gasteiger partial charge in [0.15, 0.2) is 0 Å². The monoisotopic (exact) mass is 232 g/mol. The number of ether oxygens (including phenoxy) is 1. The molecule has 0 atom stereocenters. The van der Waals surface area contributed by atoms with Crippen LogP contribution in [0.4, 0.5) is 10.5 Å². The van der Waals surface area contributed by atoms with E-state index in [0.717, 1.165) is 0 Å². The number of rotatable bonds is 5. The Morgan fingerprint density at radius 3 is 2.94 bits per heavy atom. The largest absolute Gasteiger partial charge is 0.492 e. The number of carbonyl (C=O) groups is 1. The smallest absolute Gasteiger partial charge is 0.319 e. The lowest BCUT2D eigenvalue weighted by Gasteiger charge is -2.11. The number of urea groups is 1. The van der Waals surface area contributed by atoms with E-state index in [1.807, 2.05) is 19.1 Å². The van der Waals surface area contributed by atoms with Crippen molar-refractivity contribution in [2.24, 2.45) is 0 Å². The van der Waals surface area contributed by atoms with E-state index >= 15 is 0 Å². The zero-order chi connectivity index (χ0) is 12.5. The summed E-state index contributed by atoms with van der Waals surface area (Å²) in [4.78, 5) is 11.5. The van der Waals surface area contributed by atoms with Gasteiger partial charge in [-0.1, -0.05) is 12.1 Å². The molecule has 2 N–H and O–H groups in total. The molecule has 0 unspecified atom stereocenters. The van der Waals surface area contributed by atoms with Crippen molar-refractivity contribution >= 4 is 11.7 Å². The van der Waals surface area contributed by atoms with Gasteiger partial charge in [-0.25, -0.2) is 4.79 Å². The van der Waals surface area contributed by atoms with Gasteiger partial charge in [-0.3, -0.25) is 0 Å². The van der Waals surface area contributed by atoms with Gasteiger partial charge in [-0.15, -0.1) is 12.3 Å². The van der Waals surface area contributed by atoms with Crippen molar-refractivity contribution in [3.8, 4) is 18.1 Å². The Morgan fingerprint density at radius 2 is 2.24 bits per heavy atom. The third-order valence-corrected chi connectivity index (χ3v) is 1.99. The highest BCUT2D eigenvalue weighted by molar-refractivity contribution is 5.90. The van der Waals surface area contributed by atoms with Gasteiger partial charge in [-0.2, -0.15) is 0 Å². The van der Waals surface area contributed by atoms with Crippen LogP contribution in [-0.2, 0) is 0 Å². The van der Waals surface area contributed by atoms with Crippen LogP contribution in [0, 0.1) is 12.3 Å². The molecule has 0 fully saturated rings. The fourth-order valence-electron chi connectivity index (χ4n) is 1.27. The Bertz CT molecular complexity index is 410. The molecule has 2 amide bonds. The predicted molar refractivity (Wildman–Crippen MR) is 68.1 cm³/mol. The second-order valence-corrected chi connectivity index (χ2v) is 3.26. The minimum Gasteiger partial charge on any atom is -0.492 e. The number of anilines is 1. The summed E-state index contributed by atoms with van der Waals surface area (Å²) in [7, 11) is 0. The lowest BCUT2D eigenvalue weighted by atomic mass is 10.3. The summed E-state index contributed by atoms with van der Waals surface area (Å²) >= 11 is 0. The molecular weight excluding hydrogens is 216 g/mol. The molecule has 1 aromatic carbocycles. The summed E-state index contributed by atoms with van der Waals surface area (Å²) in [5, 5.41) is 5.36. The molecule has 0 saturated carbocycles. The number of hydrogen-bond acceptors (Lipinski definition) is 2. The van der Waals surface area contributed by atoms with Gasteiger partial charge < -0.3 is 15.4 Å². The Morgan fingerprint density at radius 1 is 1.47 bits per heavy atom. The van der Waals surface area contributed by atoms with Crippen molar-refractivity contribution in [1.82, 2.24) is 5.32 Å². The van der Waals surface area contributed by atoms with Crippen LogP contribution in [0.3, 0.4) is 0 Å². The molecule has 4 heteroatoms. The van der Waals surface area contributed by atoms with Gasteiger partial charge in [0.2, 0.25) is 0 Å². The predicted octanol–water partition coefficient (Wildman–Crippen LogP) is 2.23.